The molecule has 7 heteroatoms. The van der Waals surface area contributed by atoms with E-state index in [0.29, 0.717) is 6.54 Å². The van der Waals surface area contributed by atoms with E-state index >= 15 is 0 Å². The molecule has 0 radical (unpaired) electrons. The number of anilines is 1. The van der Waals surface area contributed by atoms with Crippen molar-refractivity contribution in [3.8, 4) is 5.69 Å². The molecule has 25 heavy (non-hydrogen) atoms. The van der Waals surface area contributed by atoms with E-state index in [1.807, 2.05) is 48.1 Å². The van der Waals surface area contributed by atoms with Gasteiger partial charge in [-0.05, 0) is 26.1 Å². The zero-order valence-electron chi connectivity index (χ0n) is 14.5. The van der Waals surface area contributed by atoms with Gasteiger partial charge in [-0.25, -0.2) is 14.6 Å². The van der Waals surface area contributed by atoms with Gasteiger partial charge in [0.15, 0.2) is 5.65 Å². The Bertz CT molecular complexity index is 863. The fraction of sp³-hybridized carbons (Fsp3) is 0.389. The van der Waals surface area contributed by atoms with Crippen LogP contribution in [0.5, 0.6) is 0 Å². The maximum absolute atomic E-state index is 5.82. The lowest BCUT2D eigenvalue weighted by Crippen LogP contribution is -2.43. The SMILES string of the molecule is Cc1nc(NCC2CN(C)CCO2)c2cnn(-c3ccccc3)c2n1. The molecule has 1 aromatic carbocycles. The summed E-state index contributed by atoms with van der Waals surface area (Å²) in [5.41, 5.74) is 1.79. The Kier molecular flexibility index (Phi) is 4.33. The molecule has 1 saturated heterocycles. The number of aryl methyl sites for hydroxylation is 1. The maximum Gasteiger partial charge on any atom is 0.168 e. The first-order chi connectivity index (χ1) is 12.2. The number of para-hydroxylation sites is 1. The Balaban J connectivity index is 1.62. The van der Waals surface area contributed by atoms with Crippen LogP contribution in [0.25, 0.3) is 16.7 Å². The number of aromatic nitrogens is 4. The Labute approximate surface area is 146 Å². The molecule has 7 nitrogen and oxygen atoms in total. The highest BCUT2D eigenvalue weighted by molar-refractivity contribution is 5.87. The first kappa shape index (κ1) is 16.0. The molecule has 0 bridgehead atoms. The summed E-state index contributed by atoms with van der Waals surface area (Å²) in [6.45, 7) is 5.29. The number of nitrogens with zero attached hydrogens (tertiary/aromatic N) is 5. The van der Waals surface area contributed by atoms with Gasteiger partial charge in [0.25, 0.3) is 0 Å². The number of likely N-dealkylation sites (N-methyl/N-ethyl adjacent to an activating group) is 1. The van der Waals surface area contributed by atoms with E-state index in [2.05, 4.69) is 32.3 Å². The van der Waals surface area contributed by atoms with Crippen molar-refractivity contribution in [3.05, 3.63) is 42.4 Å². The summed E-state index contributed by atoms with van der Waals surface area (Å²) >= 11 is 0. The van der Waals surface area contributed by atoms with E-state index in [9.17, 15) is 0 Å². The molecule has 1 atom stereocenters. The highest BCUT2D eigenvalue weighted by Gasteiger charge is 2.19. The summed E-state index contributed by atoms with van der Waals surface area (Å²) in [7, 11) is 2.12. The van der Waals surface area contributed by atoms with Gasteiger partial charge in [-0.15, -0.1) is 0 Å². The second-order valence-corrected chi connectivity index (χ2v) is 6.38. The summed E-state index contributed by atoms with van der Waals surface area (Å²) in [6.07, 6.45) is 1.98. The van der Waals surface area contributed by atoms with Crippen LogP contribution in [0.15, 0.2) is 36.5 Å². The largest absolute Gasteiger partial charge is 0.374 e. The van der Waals surface area contributed by atoms with Crippen molar-refractivity contribution in [2.45, 2.75) is 13.0 Å². The molecule has 1 fully saturated rings. The van der Waals surface area contributed by atoms with E-state index in [1.165, 1.54) is 0 Å². The predicted octanol–water partition coefficient (Wildman–Crippen LogP) is 1.87. The minimum absolute atomic E-state index is 0.160. The Morgan fingerprint density at radius 1 is 1.24 bits per heavy atom. The van der Waals surface area contributed by atoms with E-state index in [1.54, 1.807) is 0 Å². The van der Waals surface area contributed by atoms with E-state index < -0.39 is 0 Å². The fourth-order valence-corrected chi connectivity index (χ4v) is 3.11. The first-order valence-electron chi connectivity index (χ1n) is 8.52. The molecule has 2 aromatic heterocycles. The lowest BCUT2D eigenvalue weighted by atomic mass is 10.2. The van der Waals surface area contributed by atoms with Gasteiger partial charge in [-0.2, -0.15) is 5.10 Å². The van der Waals surface area contributed by atoms with Gasteiger partial charge in [0, 0.05) is 19.6 Å². The van der Waals surface area contributed by atoms with Crippen LogP contribution < -0.4 is 5.32 Å². The topological polar surface area (TPSA) is 68.1 Å². The van der Waals surface area contributed by atoms with Crippen LogP contribution in [0.4, 0.5) is 5.82 Å². The van der Waals surface area contributed by atoms with Gasteiger partial charge in [-0.1, -0.05) is 18.2 Å². The zero-order valence-corrected chi connectivity index (χ0v) is 14.5. The lowest BCUT2D eigenvalue weighted by molar-refractivity contribution is -0.0117. The zero-order chi connectivity index (χ0) is 17.2. The van der Waals surface area contributed by atoms with Crippen molar-refractivity contribution in [1.82, 2.24) is 24.6 Å². The fourth-order valence-electron chi connectivity index (χ4n) is 3.11. The van der Waals surface area contributed by atoms with Gasteiger partial charge in [0.2, 0.25) is 0 Å². The van der Waals surface area contributed by atoms with E-state index in [0.717, 1.165) is 48.1 Å². The third-order valence-corrected chi connectivity index (χ3v) is 4.38. The molecule has 0 spiro atoms. The van der Waals surface area contributed by atoms with Crippen molar-refractivity contribution in [3.63, 3.8) is 0 Å². The number of benzene rings is 1. The maximum atomic E-state index is 5.82. The summed E-state index contributed by atoms with van der Waals surface area (Å²) in [4.78, 5) is 11.4. The minimum Gasteiger partial charge on any atom is -0.374 e. The molecular weight excluding hydrogens is 316 g/mol. The Morgan fingerprint density at radius 3 is 2.88 bits per heavy atom. The molecule has 130 valence electrons. The highest BCUT2D eigenvalue weighted by Crippen LogP contribution is 2.22. The summed E-state index contributed by atoms with van der Waals surface area (Å²) in [5.74, 6) is 1.52. The molecule has 0 amide bonds. The van der Waals surface area contributed by atoms with Crippen LogP contribution in [-0.4, -0.2) is 64.0 Å². The minimum atomic E-state index is 0.160. The molecule has 0 aliphatic carbocycles. The van der Waals surface area contributed by atoms with Gasteiger partial charge in [0.1, 0.15) is 11.6 Å². The molecule has 0 saturated carbocycles. The van der Waals surface area contributed by atoms with Crippen LogP contribution in [0, 0.1) is 6.92 Å². The van der Waals surface area contributed by atoms with E-state index in [-0.39, 0.29) is 6.10 Å². The van der Waals surface area contributed by atoms with Gasteiger partial charge < -0.3 is 15.0 Å². The average Bonchev–Trinajstić information content (AvgIpc) is 3.04. The van der Waals surface area contributed by atoms with Crippen LogP contribution in [-0.2, 0) is 4.74 Å². The number of rotatable bonds is 4. The number of nitrogens with one attached hydrogen (secondary N) is 1. The molecule has 1 unspecified atom stereocenters. The van der Waals surface area contributed by atoms with Crippen LogP contribution >= 0.6 is 0 Å². The van der Waals surface area contributed by atoms with Crippen molar-refractivity contribution < 1.29 is 4.74 Å². The predicted molar refractivity (Wildman–Crippen MR) is 97.1 cm³/mol. The standard InChI is InChI=1S/C18H22N6O/c1-13-21-17(19-10-15-12-23(2)8-9-25-15)16-11-20-24(18(16)22-13)14-6-4-3-5-7-14/h3-7,11,15H,8-10,12H2,1-2H3,(H,19,21,22). The van der Waals surface area contributed by atoms with Gasteiger partial charge >= 0.3 is 0 Å². The van der Waals surface area contributed by atoms with Crippen LogP contribution in [0.2, 0.25) is 0 Å². The monoisotopic (exact) mass is 338 g/mol. The lowest BCUT2D eigenvalue weighted by Gasteiger charge is -2.30. The summed E-state index contributed by atoms with van der Waals surface area (Å²) < 4.78 is 7.67. The first-order valence-corrected chi connectivity index (χ1v) is 8.52. The number of ether oxygens (including phenoxy) is 1. The molecule has 4 rings (SSSR count). The van der Waals surface area contributed by atoms with E-state index in [4.69, 9.17) is 4.74 Å². The van der Waals surface area contributed by atoms with Gasteiger partial charge in [-0.3, -0.25) is 0 Å². The number of hydrogen-bond donors (Lipinski definition) is 1. The number of hydrogen-bond acceptors (Lipinski definition) is 6. The molecular formula is C18H22N6O. The summed E-state index contributed by atoms with van der Waals surface area (Å²) in [6, 6.07) is 10.0. The molecule has 1 aliphatic rings. The molecule has 3 heterocycles. The van der Waals surface area contributed by atoms with Crippen LogP contribution in [0.1, 0.15) is 5.82 Å². The number of morpholine rings is 1. The van der Waals surface area contributed by atoms with Gasteiger partial charge in [0.05, 0.1) is 30.0 Å². The second-order valence-electron chi connectivity index (χ2n) is 6.38. The normalized spacial score (nSPS) is 18.6. The van der Waals surface area contributed by atoms with Crippen LogP contribution in [0.3, 0.4) is 0 Å². The third kappa shape index (κ3) is 3.33. The average molecular weight is 338 g/mol. The number of fused-ring (bicyclic) bond motifs is 1. The van der Waals surface area contributed by atoms with Crippen molar-refractivity contribution in [1.29, 1.82) is 0 Å². The molecule has 1 N–H and O–H groups in total. The smallest absolute Gasteiger partial charge is 0.168 e. The molecule has 1 aliphatic heterocycles. The Hall–Kier alpha value is -2.51. The third-order valence-electron chi connectivity index (χ3n) is 4.38. The highest BCUT2D eigenvalue weighted by atomic mass is 16.5. The second kappa shape index (κ2) is 6.78. The molecule has 3 aromatic rings. The van der Waals surface area contributed by atoms with Crippen molar-refractivity contribution in [2.75, 3.05) is 38.6 Å². The Morgan fingerprint density at radius 2 is 2.08 bits per heavy atom. The van der Waals surface area contributed by atoms with Crippen molar-refractivity contribution in [2.24, 2.45) is 0 Å². The van der Waals surface area contributed by atoms with Crippen molar-refractivity contribution >= 4 is 16.9 Å². The summed E-state index contributed by atoms with van der Waals surface area (Å²) in [5, 5.41) is 8.85. The quantitative estimate of drug-likeness (QED) is 0.783.